The smallest absolute Gasteiger partial charge is 0.371 e. The normalized spacial score (nSPS) is 10.5. The summed E-state index contributed by atoms with van der Waals surface area (Å²) in [6.07, 6.45) is 0. The zero-order valence-electron chi connectivity index (χ0n) is 7.63. The zero-order valence-corrected chi connectivity index (χ0v) is 9.26. The predicted octanol–water partition coefficient (Wildman–Crippen LogP) is 2.29. The van der Waals surface area contributed by atoms with E-state index in [-0.39, 0.29) is 5.76 Å². The number of carboxylic acids is 1. The molecule has 2 aromatic heterocycles. The first kappa shape index (κ1) is 10.2. The second-order valence-electron chi connectivity index (χ2n) is 2.63. The molecule has 0 fully saturated rings. The lowest BCUT2D eigenvalue weighted by molar-refractivity contribution is 0.0656. The van der Waals surface area contributed by atoms with Crippen molar-refractivity contribution in [2.24, 2.45) is 0 Å². The Morgan fingerprint density at radius 3 is 2.93 bits per heavy atom. The van der Waals surface area contributed by atoms with E-state index in [1.807, 2.05) is 0 Å². The van der Waals surface area contributed by atoms with E-state index in [4.69, 9.17) is 9.52 Å². The maximum absolute atomic E-state index is 10.5. The van der Waals surface area contributed by atoms with Crippen LogP contribution in [0.1, 0.15) is 16.4 Å². The van der Waals surface area contributed by atoms with E-state index in [0.717, 1.165) is 4.34 Å². The van der Waals surface area contributed by atoms with Crippen LogP contribution in [0.4, 0.5) is 0 Å². The first-order valence-corrected chi connectivity index (χ1v) is 5.55. The van der Waals surface area contributed by atoms with Gasteiger partial charge in [0.05, 0.1) is 0 Å². The fraction of sp³-hybridized carbons (Fsp3) is 0.125. The minimum absolute atomic E-state index is 0.0706. The van der Waals surface area contributed by atoms with Gasteiger partial charge in [0.15, 0.2) is 9.43 Å². The van der Waals surface area contributed by atoms with Crippen LogP contribution in [0.15, 0.2) is 26.0 Å². The van der Waals surface area contributed by atoms with Gasteiger partial charge in [-0.05, 0) is 42.4 Å². The lowest BCUT2D eigenvalue weighted by Gasteiger charge is -1.89. The van der Waals surface area contributed by atoms with Crippen molar-refractivity contribution in [1.82, 2.24) is 9.36 Å². The molecule has 0 atom stereocenters. The Bertz CT molecular complexity index is 492. The van der Waals surface area contributed by atoms with Crippen LogP contribution < -0.4 is 0 Å². The van der Waals surface area contributed by atoms with Crippen molar-refractivity contribution in [3.63, 3.8) is 0 Å². The van der Waals surface area contributed by atoms with Gasteiger partial charge in [0, 0.05) is 0 Å². The standard InChI is InChI=1S/C8H6N2O3S2/c1-4-9-8(15-10-4)14-6-3-2-5(13-6)7(11)12/h2-3H,1H3,(H,11,12). The third-order valence-electron chi connectivity index (χ3n) is 1.49. The van der Waals surface area contributed by atoms with E-state index < -0.39 is 5.97 Å². The summed E-state index contributed by atoms with van der Waals surface area (Å²) in [5, 5.41) is 9.14. The number of nitrogens with zero attached hydrogens (tertiary/aromatic N) is 2. The van der Waals surface area contributed by atoms with Crippen LogP contribution in [-0.4, -0.2) is 20.4 Å². The number of aromatic nitrogens is 2. The molecule has 5 nitrogen and oxygen atoms in total. The maximum Gasteiger partial charge on any atom is 0.371 e. The average molecular weight is 242 g/mol. The minimum Gasteiger partial charge on any atom is -0.475 e. The van der Waals surface area contributed by atoms with Gasteiger partial charge in [0.25, 0.3) is 0 Å². The molecule has 0 saturated heterocycles. The van der Waals surface area contributed by atoms with Crippen molar-refractivity contribution >= 4 is 29.3 Å². The van der Waals surface area contributed by atoms with Gasteiger partial charge in [-0.2, -0.15) is 4.37 Å². The monoisotopic (exact) mass is 242 g/mol. The maximum atomic E-state index is 10.5. The summed E-state index contributed by atoms with van der Waals surface area (Å²) in [6, 6.07) is 3.02. The number of carboxylic acid groups (broad SMARTS) is 1. The Kier molecular flexibility index (Phi) is 2.74. The lowest BCUT2D eigenvalue weighted by atomic mass is 10.5. The minimum atomic E-state index is -1.07. The van der Waals surface area contributed by atoms with Crippen molar-refractivity contribution in [3.8, 4) is 0 Å². The lowest BCUT2D eigenvalue weighted by Crippen LogP contribution is -1.91. The molecule has 78 valence electrons. The third-order valence-corrected chi connectivity index (χ3v) is 3.25. The third kappa shape index (κ3) is 2.37. The quantitative estimate of drug-likeness (QED) is 0.889. The molecule has 2 rings (SSSR count). The van der Waals surface area contributed by atoms with E-state index in [1.165, 1.54) is 29.4 Å². The number of furan rings is 1. The van der Waals surface area contributed by atoms with Gasteiger partial charge >= 0.3 is 5.97 Å². The first-order valence-electron chi connectivity index (χ1n) is 3.96. The molecule has 0 aliphatic rings. The van der Waals surface area contributed by atoms with Crippen LogP contribution in [0, 0.1) is 6.92 Å². The van der Waals surface area contributed by atoms with Crippen molar-refractivity contribution in [1.29, 1.82) is 0 Å². The van der Waals surface area contributed by atoms with E-state index in [2.05, 4.69) is 9.36 Å². The Balaban J connectivity index is 2.14. The van der Waals surface area contributed by atoms with Gasteiger partial charge in [0.1, 0.15) is 5.82 Å². The predicted molar refractivity (Wildman–Crippen MR) is 54.4 cm³/mol. The van der Waals surface area contributed by atoms with Gasteiger partial charge in [-0.1, -0.05) is 0 Å². The van der Waals surface area contributed by atoms with Crippen LogP contribution in [0.2, 0.25) is 0 Å². The van der Waals surface area contributed by atoms with Gasteiger partial charge in [-0.3, -0.25) is 0 Å². The summed E-state index contributed by atoms with van der Waals surface area (Å²) in [4.78, 5) is 14.7. The Labute approximate surface area is 93.3 Å². The van der Waals surface area contributed by atoms with Gasteiger partial charge < -0.3 is 9.52 Å². The summed E-state index contributed by atoms with van der Waals surface area (Å²) >= 11 is 2.52. The number of hydrogen-bond acceptors (Lipinski definition) is 6. The molecule has 2 aromatic rings. The fourth-order valence-electron chi connectivity index (χ4n) is 0.895. The Morgan fingerprint density at radius 1 is 1.60 bits per heavy atom. The molecule has 0 amide bonds. The fourth-order valence-corrected chi connectivity index (χ4v) is 2.44. The average Bonchev–Trinajstić information content (AvgIpc) is 2.76. The molecule has 0 aliphatic carbocycles. The molecular formula is C8H6N2O3S2. The Hall–Kier alpha value is -1.34. The molecule has 0 radical (unpaired) electrons. The molecule has 0 aliphatic heterocycles. The van der Waals surface area contributed by atoms with Crippen LogP contribution >= 0.6 is 23.3 Å². The summed E-state index contributed by atoms with van der Waals surface area (Å²) in [7, 11) is 0. The van der Waals surface area contributed by atoms with Crippen molar-refractivity contribution in [2.75, 3.05) is 0 Å². The van der Waals surface area contributed by atoms with Gasteiger partial charge in [-0.25, -0.2) is 9.78 Å². The summed E-state index contributed by atoms with van der Waals surface area (Å²) < 4.78 is 9.80. The molecule has 1 N–H and O–H groups in total. The number of hydrogen-bond donors (Lipinski definition) is 1. The second-order valence-corrected chi connectivity index (χ2v) is 4.64. The number of carbonyl (C=O) groups is 1. The summed E-state index contributed by atoms with van der Waals surface area (Å²) in [5.74, 6) is -0.443. The van der Waals surface area contributed by atoms with Crippen LogP contribution in [-0.2, 0) is 0 Å². The molecular weight excluding hydrogens is 236 g/mol. The second kappa shape index (κ2) is 4.03. The molecule has 7 heteroatoms. The molecule has 0 unspecified atom stereocenters. The SMILES string of the molecule is Cc1nsc(Sc2ccc(C(=O)O)o2)n1. The van der Waals surface area contributed by atoms with Gasteiger partial charge in [0.2, 0.25) is 5.76 Å². The highest BCUT2D eigenvalue weighted by Crippen LogP contribution is 2.30. The molecule has 15 heavy (non-hydrogen) atoms. The van der Waals surface area contributed by atoms with Crippen LogP contribution in [0.5, 0.6) is 0 Å². The summed E-state index contributed by atoms with van der Waals surface area (Å²) in [6.45, 7) is 1.80. The van der Waals surface area contributed by atoms with E-state index >= 15 is 0 Å². The van der Waals surface area contributed by atoms with Crippen molar-refractivity contribution in [3.05, 3.63) is 23.7 Å². The zero-order chi connectivity index (χ0) is 10.8. The summed E-state index contributed by atoms with van der Waals surface area (Å²) in [5.41, 5.74) is 0. The molecule has 0 bridgehead atoms. The van der Waals surface area contributed by atoms with Crippen LogP contribution in [0.3, 0.4) is 0 Å². The first-order chi connectivity index (χ1) is 7.15. The molecule has 0 saturated carbocycles. The van der Waals surface area contributed by atoms with Crippen LogP contribution in [0.25, 0.3) is 0 Å². The van der Waals surface area contributed by atoms with E-state index in [0.29, 0.717) is 10.9 Å². The number of aromatic carboxylic acids is 1. The van der Waals surface area contributed by atoms with Gasteiger partial charge in [-0.15, -0.1) is 0 Å². The largest absolute Gasteiger partial charge is 0.475 e. The van der Waals surface area contributed by atoms with Crippen molar-refractivity contribution in [2.45, 2.75) is 16.4 Å². The van der Waals surface area contributed by atoms with E-state index in [9.17, 15) is 4.79 Å². The Morgan fingerprint density at radius 2 is 2.40 bits per heavy atom. The molecule has 0 aromatic carbocycles. The van der Waals surface area contributed by atoms with E-state index in [1.54, 1.807) is 13.0 Å². The number of rotatable bonds is 3. The highest BCUT2D eigenvalue weighted by Gasteiger charge is 2.11. The highest BCUT2D eigenvalue weighted by atomic mass is 32.2. The molecule has 2 heterocycles. The molecule has 0 spiro atoms. The topological polar surface area (TPSA) is 76.2 Å². The highest BCUT2D eigenvalue weighted by molar-refractivity contribution is 8.00. The van der Waals surface area contributed by atoms with Crippen molar-refractivity contribution < 1.29 is 14.3 Å². The number of aryl methyl sites for hydroxylation is 1.